The predicted molar refractivity (Wildman–Crippen MR) is 49.1 cm³/mol. The minimum absolute atomic E-state index is 0.151. The molecule has 13 heavy (non-hydrogen) atoms. The Hall–Kier alpha value is -0.870. The molecule has 0 aliphatic carbocycles. The molecule has 0 amide bonds. The number of aromatic nitrogens is 2. The van der Waals surface area contributed by atoms with Crippen molar-refractivity contribution in [2.75, 3.05) is 6.54 Å². The fraction of sp³-hybridized carbons (Fsp3) is 0.667. The van der Waals surface area contributed by atoms with E-state index in [1.807, 2.05) is 12.4 Å². The van der Waals surface area contributed by atoms with Crippen molar-refractivity contribution in [3.63, 3.8) is 0 Å². The Balaban J connectivity index is 1.95. The van der Waals surface area contributed by atoms with Crippen LogP contribution in [0.4, 0.5) is 0 Å². The minimum atomic E-state index is -0.151. The molecule has 2 rings (SSSR count). The standard InChI is InChI=1S/C9H15N3O/c1-7-2-9(13)6-12(7)5-8-3-10-11-4-8/h3-4,7,9,13H,2,5-6H2,1H3,(H,10,11). The summed E-state index contributed by atoms with van der Waals surface area (Å²) < 4.78 is 0. The number of aliphatic hydroxyl groups excluding tert-OH is 1. The number of rotatable bonds is 2. The van der Waals surface area contributed by atoms with Crippen LogP contribution in [0.1, 0.15) is 18.9 Å². The highest BCUT2D eigenvalue weighted by atomic mass is 16.3. The third-order valence-corrected chi connectivity index (χ3v) is 2.62. The lowest BCUT2D eigenvalue weighted by molar-refractivity contribution is 0.173. The molecule has 4 nitrogen and oxygen atoms in total. The fourth-order valence-corrected chi connectivity index (χ4v) is 1.89. The molecule has 0 bridgehead atoms. The molecule has 4 heteroatoms. The monoisotopic (exact) mass is 181 g/mol. The first-order chi connectivity index (χ1) is 6.25. The molecule has 1 aliphatic rings. The van der Waals surface area contributed by atoms with Crippen molar-refractivity contribution in [3.05, 3.63) is 18.0 Å². The molecule has 0 aromatic carbocycles. The summed E-state index contributed by atoms with van der Waals surface area (Å²) in [5, 5.41) is 16.1. The molecule has 0 spiro atoms. The highest BCUT2D eigenvalue weighted by Gasteiger charge is 2.27. The summed E-state index contributed by atoms with van der Waals surface area (Å²) in [6.07, 6.45) is 4.47. The number of aliphatic hydroxyl groups is 1. The lowest BCUT2D eigenvalue weighted by atomic mass is 10.2. The summed E-state index contributed by atoms with van der Waals surface area (Å²) in [6, 6.07) is 0.477. The van der Waals surface area contributed by atoms with Gasteiger partial charge in [0, 0.05) is 30.9 Å². The van der Waals surface area contributed by atoms with Crippen molar-refractivity contribution >= 4 is 0 Å². The van der Waals surface area contributed by atoms with Crippen LogP contribution in [0.15, 0.2) is 12.4 Å². The molecule has 0 radical (unpaired) electrons. The van der Waals surface area contributed by atoms with Gasteiger partial charge in [0.25, 0.3) is 0 Å². The molecule has 1 fully saturated rings. The van der Waals surface area contributed by atoms with Crippen LogP contribution in [0.3, 0.4) is 0 Å². The summed E-state index contributed by atoms with van der Waals surface area (Å²) in [5.74, 6) is 0. The lowest BCUT2D eigenvalue weighted by Gasteiger charge is -2.19. The third kappa shape index (κ3) is 1.89. The number of hydrogen-bond acceptors (Lipinski definition) is 3. The number of aromatic amines is 1. The van der Waals surface area contributed by atoms with Crippen molar-refractivity contribution in [2.24, 2.45) is 0 Å². The van der Waals surface area contributed by atoms with E-state index in [0.29, 0.717) is 6.04 Å². The number of nitrogens with zero attached hydrogens (tertiary/aromatic N) is 2. The number of H-pyrrole nitrogens is 1. The van der Waals surface area contributed by atoms with Crippen LogP contribution in [0, 0.1) is 0 Å². The van der Waals surface area contributed by atoms with Gasteiger partial charge in [0.15, 0.2) is 0 Å². The lowest BCUT2D eigenvalue weighted by Crippen LogP contribution is -2.26. The molecule has 1 aromatic heterocycles. The van der Waals surface area contributed by atoms with Crippen molar-refractivity contribution in [2.45, 2.75) is 32.0 Å². The second-order valence-electron chi connectivity index (χ2n) is 3.77. The second kappa shape index (κ2) is 3.47. The molecule has 1 aromatic rings. The average molecular weight is 181 g/mol. The highest BCUT2D eigenvalue weighted by molar-refractivity contribution is 5.03. The maximum Gasteiger partial charge on any atom is 0.0682 e. The number of hydrogen-bond donors (Lipinski definition) is 2. The molecule has 2 N–H and O–H groups in total. The summed E-state index contributed by atoms with van der Waals surface area (Å²) in [5.41, 5.74) is 1.18. The number of β-amino-alcohol motifs (C(OH)–C–C–N with tert-alkyl or cyclic N) is 1. The largest absolute Gasteiger partial charge is 0.392 e. The molecule has 2 heterocycles. The van der Waals surface area contributed by atoms with E-state index in [1.54, 1.807) is 0 Å². The van der Waals surface area contributed by atoms with Crippen LogP contribution in [-0.4, -0.2) is 38.9 Å². The summed E-state index contributed by atoms with van der Waals surface area (Å²) in [7, 11) is 0. The smallest absolute Gasteiger partial charge is 0.0682 e. The van der Waals surface area contributed by atoms with E-state index < -0.39 is 0 Å². The van der Waals surface area contributed by atoms with Gasteiger partial charge in [-0.25, -0.2) is 0 Å². The Morgan fingerprint density at radius 3 is 3.15 bits per heavy atom. The van der Waals surface area contributed by atoms with Gasteiger partial charge in [-0.15, -0.1) is 0 Å². The van der Waals surface area contributed by atoms with Gasteiger partial charge in [-0.05, 0) is 13.3 Å². The molecular weight excluding hydrogens is 166 g/mol. The number of likely N-dealkylation sites (tertiary alicyclic amines) is 1. The van der Waals surface area contributed by atoms with Crippen molar-refractivity contribution in [1.29, 1.82) is 0 Å². The van der Waals surface area contributed by atoms with Crippen LogP contribution in [0.25, 0.3) is 0 Å². The third-order valence-electron chi connectivity index (χ3n) is 2.62. The molecule has 0 saturated carbocycles. The quantitative estimate of drug-likeness (QED) is 0.693. The zero-order valence-corrected chi connectivity index (χ0v) is 7.77. The van der Waals surface area contributed by atoms with E-state index in [1.165, 1.54) is 5.56 Å². The van der Waals surface area contributed by atoms with Gasteiger partial charge >= 0.3 is 0 Å². The highest BCUT2D eigenvalue weighted by Crippen LogP contribution is 2.19. The van der Waals surface area contributed by atoms with Crippen LogP contribution >= 0.6 is 0 Å². The van der Waals surface area contributed by atoms with Crippen molar-refractivity contribution in [3.8, 4) is 0 Å². The van der Waals surface area contributed by atoms with E-state index in [4.69, 9.17) is 0 Å². The van der Waals surface area contributed by atoms with Crippen LogP contribution < -0.4 is 0 Å². The summed E-state index contributed by atoms with van der Waals surface area (Å²) in [6.45, 7) is 3.82. The maximum atomic E-state index is 9.43. The Bertz CT molecular complexity index is 260. The zero-order valence-electron chi connectivity index (χ0n) is 7.77. The van der Waals surface area contributed by atoms with E-state index >= 15 is 0 Å². The van der Waals surface area contributed by atoms with E-state index in [2.05, 4.69) is 22.0 Å². The van der Waals surface area contributed by atoms with Crippen molar-refractivity contribution in [1.82, 2.24) is 15.1 Å². The first kappa shape index (κ1) is 8.72. The molecule has 1 saturated heterocycles. The Labute approximate surface area is 77.6 Å². The van der Waals surface area contributed by atoms with E-state index in [-0.39, 0.29) is 6.10 Å². The SMILES string of the molecule is CC1CC(O)CN1Cc1cn[nH]c1. The van der Waals surface area contributed by atoms with Crippen molar-refractivity contribution < 1.29 is 5.11 Å². The molecule has 1 aliphatic heterocycles. The Morgan fingerprint density at radius 1 is 1.77 bits per heavy atom. The van der Waals surface area contributed by atoms with Gasteiger partial charge < -0.3 is 5.11 Å². The zero-order chi connectivity index (χ0) is 9.26. The van der Waals surface area contributed by atoms with Gasteiger partial charge in [-0.1, -0.05) is 0 Å². The Kier molecular flexibility index (Phi) is 2.33. The minimum Gasteiger partial charge on any atom is -0.392 e. The van der Waals surface area contributed by atoms with Gasteiger partial charge in [0.2, 0.25) is 0 Å². The molecule has 72 valence electrons. The normalized spacial score (nSPS) is 29.7. The van der Waals surface area contributed by atoms with Gasteiger partial charge in [-0.3, -0.25) is 10.00 Å². The number of nitrogens with one attached hydrogen (secondary N) is 1. The molecule has 2 atom stereocenters. The topological polar surface area (TPSA) is 52.1 Å². The van der Waals surface area contributed by atoms with E-state index in [0.717, 1.165) is 19.5 Å². The van der Waals surface area contributed by atoms with Crippen LogP contribution in [0.5, 0.6) is 0 Å². The van der Waals surface area contributed by atoms with Gasteiger partial charge in [0.1, 0.15) is 0 Å². The van der Waals surface area contributed by atoms with Crippen LogP contribution in [-0.2, 0) is 6.54 Å². The first-order valence-electron chi connectivity index (χ1n) is 4.65. The maximum absolute atomic E-state index is 9.43. The van der Waals surface area contributed by atoms with Gasteiger partial charge in [-0.2, -0.15) is 5.10 Å². The molecular formula is C9H15N3O. The van der Waals surface area contributed by atoms with E-state index in [9.17, 15) is 5.11 Å². The average Bonchev–Trinajstić information content (AvgIpc) is 2.63. The van der Waals surface area contributed by atoms with Gasteiger partial charge in [0.05, 0.1) is 12.3 Å². The second-order valence-corrected chi connectivity index (χ2v) is 3.77. The fourth-order valence-electron chi connectivity index (χ4n) is 1.89. The molecule has 2 unspecified atom stereocenters. The predicted octanol–water partition coefficient (Wildman–Crippen LogP) is 0.365. The summed E-state index contributed by atoms with van der Waals surface area (Å²) in [4.78, 5) is 2.27. The summed E-state index contributed by atoms with van der Waals surface area (Å²) >= 11 is 0. The Morgan fingerprint density at radius 2 is 2.62 bits per heavy atom. The first-order valence-corrected chi connectivity index (χ1v) is 4.65. The van der Waals surface area contributed by atoms with Crippen LogP contribution in [0.2, 0.25) is 0 Å².